The summed E-state index contributed by atoms with van der Waals surface area (Å²) in [6.45, 7) is 9.71. The van der Waals surface area contributed by atoms with Crippen molar-refractivity contribution in [3.63, 3.8) is 0 Å². The van der Waals surface area contributed by atoms with Gasteiger partial charge in [-0.25, -0.2) is 0 Å². The number of para-hydroxylation sites is 1. The number of aryl methyl sites for hydroxylation is 3. The largest absolute Gasteiger partial charge is 0.380 e. The third-order valence-corrected chi connectivity index (χ3v) is 5.48. The summed E-state index contributed by atoms with van der Waals surface area (Å²) in [6.07, 6.45) is 7.82. The highest BCUT2D eigenvalue weighted by Gasteiger charge is 2.43. The van der Waals surface area contributed by atoms with Gasteiger partial charge in [-0.15, -0.1) is 0 Å². The third kappa shape index (κ3) is 2.97. The van der Waals surface area contributed by atoms with Crippen LogP contribution in [0, 0.1) is 20.8 Å². The highest BCUT2D eigenvalue weighted by atomic mass is 15.1. The molecule has 2 aromatic rings. The fourth-order valence-electron chi connectivity index (χ4n) is 3.83. The first-order chi connectivity index (χ1) is 12.0. The van der Waals surface area contributed by atoms with Gasteiger partial charge in [0.2, 0.25) is 0 Å². The van der Waals surface area contributed by atoms with Crippen LogP contribution in [-0.4, -0.2) is 5.54 Å². The standard InChI is InChI=1S/C23H26N2/c1-16-8-9-19-15-25(22-17(2)6-5-7-18(22)3)11-10-24-23(4)14-21(23)13-20(19)12-16/h5-13,24H,14-15H2,1-4H3/b11-10-,21-13?. The number of rotatable bonds is 1. The molecule has 0 aromatic heterocycles. The lowest BCUT2D eigenvalue weighted by Crippen LogP contribution is -2.25. The predicted molar refractivity (Wildman–Crippen MR) is 107 cm³/mol. The molecule has 1 aliphatic carbocycles. The molecule has 2 heteroatoms. The second-order valence-electron chi connectivity index (χ2n) is 7.71. The number of fused-ring (bicyclic) bond motifs is 2. The molecule has 0 bridgehead atoms. The zero-order valence-electron chi connectivity index (χ0n) is 15.6. The number of nitrogens with zero attached hydrogens (tertiary/aromatic N) is 1. The van der Waals surface area contributed by atoms with Crippen molar-refractivity contribution in [3.8, 4) is 0 Å². The van der Waals surface area contributed by atoms with E-state index in [0.29, 0.717) is 0 Å². The Balaban J connectivity index is 1.83. The molecule has 1 saturated carbocycles. The van der Waals surface area contributed by atoms with Gasteiger partial charge in [0.1, 0.15) is 0 Å². The van der Waals surface area contributed by atoms with Gasteiger partial charge >= 0.3 is 0 Å². The molecule has 2 aromatic carbocycles. The molecule has 1 heterocycles. The summed E-state index contributed by atoms with van der Waals surface area (Å²) < 4.78 is 0. The Morgan fingerprint density at radius 2 is 1.80 bits per heavy atom. The van der Waals surface area contributed by atoms with Crippen LogP contribution in [0.1, 0.15) is 41.2 Å². The van der Waals surface area contributed by atoms with Gasteiger partial charge < -0.3 is 10.2 Å². The minimum atomic E-state index is 0.112. The molecule has 0 saturated heterocycles. The molecular formula is C23H26N2. The Labute approximate surface area is 150 Å². The van der Waals surface area contributed by atoms with E-state index in [1.165, 1.54) is 39.1 Å². The average molecular weight is 330 g/mol. The van der Waals surface area contributed by atoms with E-state index in [1.807, 2.05) is 0 Å². The van der Waals surface area contributed by atoms with E-state index in [2.05, 4.69) is 92.8 Å². The number of nitrogens with one attached hydrogen (secondary N) is 1. The smallest absolute Gasteiger partial charge is 0.0594 e. The normalized spacial score (nSPS) is 23.0. The molecule has 0 spiro atoms. The van der Waals surface area contributed by atoms with Crippen LogP contribution in [0.15, 0.2) is 54.4 Å². The summed E-state index contributed by atoms with van der Waals surface area (Å²) in [5, 5.41) is 3.60. The van der Waals surface area contributed by atoms with E-state index in [0.717, 1.165) is 13.0 Å². The topological polar surface area (TPSA) is 15.3 Å². The quantitative estimate of drug-likeness (QED) is 0.769. The van der Waals surface area contributed by atoms with Crippen LogP contribution in [0.3, 0.4) is 0 Å². The van der Waals surface area contributed by atoms with E-state index in [-0.39, 0.29) is 5.54 Å². The molecule has 1 atom stereocenters. The van der Waals surface area contributed by atoms with Gasteiger partial charge in [-0.1, -0.05) is 48.0 Å². The lowest BCUT2D eigenvalue weighted by Gasteiger charge is -2.26. The summed E-state index contributed by atoms with van der Waals surface area (Å²) in [6, 6.07) is 13.3. The number of benzene rings is 2. The number of hydrogen-bond donors (Lipinski definition) is 1. The molecule has 4 rings (SSSR count). The van der Waals surface area contributed by atoms with Crippen LogP contribution in [0.4, 0.5) is 5.69 Å². The van der Waals surface area contributed by atoms with E-state index in [4.69, 9.17) is 0 Å². The van der Waals surface area contributed by atoms with Gasteiger partial charge in [0, 0.05) is 24.6 Å². The Hall–Kier alpha value is -2.48. The molecule has 1 N–H and O–H groups in total. The maximum absolute atomic E-state index is 3.60. The molecule has 0 amide bonds. The maximum atomic E-state index is 3.60. The van der Waals surface area contributed by atoms with Crippen LogP contribution in [0.5, 0.6) is 0 Å². The summed E-state index contributed by atoms with van der Waals surface area (Å²) in [7, 11) is 0. The van der Waals surface area contributed by atoms with Gasteiger partial charge in [-0.3, -0.25) is 0 Å². The van der Waals surface area contributed by atoms with Gasteiger partial charge in [0.15, 0.2) is 0 Å². The lowest BCUT2D eigenvalue weighted by atomic mass is 10.0. The molecule has 1 unspecified atom stereocenters. The minimum absolute atomic E-state index is 0.112. The second kappa shape index (κ2) is 5.80. The van der Waals surface area contributed by atoms with Crippen molar-refractivity contribution in [2.45, 2.75) is 46.2 Å². The zero-order chi connectivity index (χ0) is 17.6. The summed E-state index contributed by atoms with van der Waals surface area (Å²) in [5.74, 6) is 0. The molecule has 2 aliphatic rings. The number of anilines is 1. The molecule has 25 heavy (non-hydrogen) atoms. The Morgan fingerprint density at radius 3 is 2.56 bits per heavy atom. The second-order valence-corrected chi connectivity index (χ2v) is 7.71. The van der Waals surface area contributed by atoms with E-state index in [9.17, 15) is 0 Å². The van der Waals surface area contributed by atoms with Crippen LogP contribution >= 0.6 is 0 Å². The van der Waals surface area contributed by atoms with Gasteiger partial charge in [0.05, 0.1) is 5.54 Å². The fourth-order valence-corrected chi connectivity index (χ4v) is 3.83. The first-order valence-electron chi connectivity index (χ1n) is 9.04. The highest BCUT2D eigenvalue weighted by Crippen LogP contribution is 2.44. The Kier molecular flexibility index (Phi) is 3.72. The zero-order valence-corrected chi connectivity index (χ0v) is 15.6. The first kappa shape index (κ1) is 16.0. The molecule has 128 valence electrons. The SMILES string of the molecule is Cc1ccc2c(c1)C=C1CC1(C)N/C=C\N(c1c(C)cccc1C)C2. The van der Waals surface area contributed by atoms with Crippen molar-refractivity contribution in [1.82, 2.24) is 5.32 Å². The van der Waals surface area contributed by atoms with Crippen LogP contribution in [0.25, 0.3) is 6.08 Å². The molecule has 1 aliphatic heterocycles. The highest BCUT2D eigenvalue weighted by molar-refractivity contribution is 5.67. The van der Waals surface area contributed by atoms with Crippen LogP contribution < -0.4 is 10.2 Å². The number of hydrogen-bond acceptors (Lipinski definition) is 2. The van der Waals surface area contributed by atoms with E-state index < -0.39 is 0 Å². The Bertz CT molecular complexity index is 871. The van der Waals surface area contributed by atoms with Crippen LogP contribution in [0.2, 0.25) is 0 Å². The van der Waals surface area contributed by atoms with E-state index >= 15 is 0 Å². The monoisotopic (exact) mass is 330 g/mol. The average Bonchev–Trinajstić information content (AvgIpc) is 3.19. The van der Waals surface area contributed by atoms with Crippen molar-refractivity contribution >= 4 is 11.8 Å². The molecule has 2 nitrogen and oxygen atoms in total. The fraction of sp³-hybridized carbons (Fsp3) is 0.304. The summed E-state index contributed by atoms with van der Waals surface area (Å²) in [4.78, 5) is 2.37. The Morgan fingerprint density at radius 1 is 1.04 bits per heavy atom. The van der Waals surface area contributed by atoms with Gasteiger partial charge in [0.25, 0.3) is 0 Å². The first-order valence-corrected chi connectivity index (χ1v) is 9.04. The third-order valence-electron chi connectivity index (χ3n) is 5.48. The van der Waals surface area contributed by atoms with Crippen molar-refractivity contribution < 1.29 is 0 Å². The summed E-state index contributed by atoms with van der Waals surface area (Å²) in [5.41, 5.74) is 9.57. The van der Waals surface area contributed by atoms with Crippen molar-refractivity contribution in [3.05, 3.63) is 82.2 Å². The van der Waals surface area contributed by atoms with Crippen molar-refractivity contribution in [2.75, 3.05) is 4.90 Å². The summed E-state index contributed by atoms with van der Waals surface area (Å²) >= 11 is 0. The molecule has 0 radical (unpaired) electrons. The van der Waals surface area contributed by atoms with Crippen molar-refractivity contribution in [2.24, 2.45) is 0 Å². The maximum Gasteiger partial charge on any atom is 0.0594 e. The van der Waals surface area contributed by atoms with Gasteiger partial charge in [-0.05, 0) is 61.9 Å². The van der Waals surface area contributed by atoms with Crippen LogP contribution in [-0.2, 0) is 6.54 Å². The minimum Gasteiger partial charge on any atom is -0.380 e. The van der Waals surface area contributed by atoms with Crippen molar-refractivity contribution in [1.29, 1.82) is 0 Å². The van der Waals surface area contributed by atoms with E-state index in [1.54, 1.807) is 0 Å². The molecule has 1 fully saturated rings. The molecular weight excluding hydrogens is 304 g/mol. The van der Waals surface area contributed by atoms with Gasteiger partial charge in [-0.2, -0.15) is 0 Å². The predicted octanol–water partition coefficient (Wildman–Crippen LogP) is 5.24. The lowest BCUT2D eigenvalue weighted by molar-refractivity contribution is 0.661.